The molecule has 0 aliphatic heterocycles. The van der Waals surface area contributed by atoms with E-state index in [0.717, 1.165) is 0 Å². The van der Waals surface area contributed by atoms with Crippen LogP contribution in [0.15, 0.2) is 12.7 Å². The van der Waals surface area contributed by atoms with Crippen LogP contribution >= 0.6 is 11.6 Å². The van der Waals surface area contributed by atoms with Crippen LogP contribution in [0.2, 0.25) is 0 Å². The molecule has 0 saturated carbocycles. The quantitative estimate of drug-likeness (QED) is 0.357. The molecule has 0 amide bonds. The van der Waals surface area contributed by atoms with Gasteiger partial charge in [0.1, 0.15) is 6.61 Å². The summed E-state index contributed by atoms with van der Waals surface area (Å²) in [5, 5.41) is 0. The number of ether oxygens (including phenoxy) is 1. The van der Waals surface area contributed by atoms with Crippen LogP contribution < -0.4 is 0 Å². The molecule has 0 bridgehead atoms. The first-order valence-corrected chi connectivity index (χ1v) is 3.59. The van der Waals surface area contributed by atoms with Gasteiger partial charge >= 0.3 is 5.97 Å². The smallest absolute Gasteiger partial charge is 0.310 e. The molecule has 0 aliphatic rings. The second-order valence-corrected chi connectivity index (χ2v) is 2.28. The number of rotatable bonds is 4. The highest BCUT2D eigenvalue weighted by Crippen LogP contribution is 2.00. The lowest BCUT2D eigenvalue weighted by Gasteiger charge is -2.05. The van der Waals surface area contributed by atoms with Crippen molar-refractivity contribution in [1.29, 1.82) is 0 Å². The summed E-state index contributed by atoms with van der Waals surface area (Å²) in [6.45, 7) is 5.39. The zero-order valence-electron chi connectivity index (χ0n) is 5.97. The Kier molecular flexibility index (Phi) is 5.03. The summed E-state index contributed by atoms with van der Waals surface area (Å²) in [6, 6.07) is 0. The van der Waals surface area contributed by atoms with Gasteiger partial charge in [-0.15, -0.1) is 11.6 Å². The molecule has 0 spiro atoms. The van der Waals surface area contributed by atoms with Gasteiger partial charge in [-0.05, 0) is 0 Å². The maximum absolute atomic E-state index is 10.8. The number of carbonyl (C=O) groups is 1. The molecule has 0 radical (unpaired) electrons. The van der Waals surface area contributed by atoms with Crippen LogP contribution in [0.3, 0.4) is 0 Å². The highest BCUT2D eigenvalue weighted by molar-refractivity contribution is 6.19. The summed E-state index contributed by atoms with van der Waals surface area (Å²) in [5.41, 5.74) is 0. The molecule has 0 aromatic heterocycles. The van der Waals surface area contributed by atoms with E-state index in [1.807, 2.05) is 0 Å². The van der Waals surface area contributed by atoms with Crippen molar-refractivity contribution in [3.8, 4) is 0 Å². The molecule has 0 heterocycles. The standard InChI is InChI=1S/C7H11ClO2/c1-3-4-10-7(9)6(2)5-8/h3,6H,1,4-5H2,2H3. The molecule has 0 aromatic rings. The van der Waals surface area contributed by atoms with Gasteiger partial charge in [0.2, 0.25) is 0 Å². The lowest BCUT2D eigenvalue weighted by atomic mass is 10.2. The first kappa shape index (κ1) is 9.50. The Morgan fingerprint density at radius 2 is 2.50 bits per heavy atom. The van der Waals surface area contributed by atoms with Crippen LogP contribution in [0.5, 0.6) is 0 Å². The Morgan fingerprint density at radius 3 is 2.90 bits per heavy atom. The predicted molar refractivity (Wildman–Crippen MR) is 41.0 cm³/mol. The van der Waals surface area contributed by atoms with Crippen molar-refractivity contribution in [2.45, 2.75) is 6.92 Å². The summed E-state index contributed by atoms with van der Waals surface area (Å²) in [4.78, 5) is 10.8. The maximum atomic E-state index is 10.8. The van der Waals surface area contributed by atoms with E-state index in [2.05, 4.69) is 6.58 Å². The van der Waals surface area contributed by atoms with E-state index in [0.29, 0.717) is 5.88 Å². The molecule has 0 N–H and O–H groups in total. The highest BCUT2D eigenvalue weighted by atomic mass is 35.5. The van der Waals surface area contributed by atoms with Gasteiger partial charge in [0.05, 0.1) is 5.92 Å². The minimum Gasteiger partial charge on any atom is -0.461 e. The SMILES string of the molecule is C=CCOC(=O)C(C)CCl. The number of hydrogen-bond acceptors (Lipinski definition) is 2. The topological polar surface area (TPSA) is 26.3 Å². The van der Waals surface area contributed by atoms with E-state index in [1.165, 1.54) is 6.08 Å². The fraction of sp³-hybridized carbons (Fsp3) is 0.571. The monoisotopic (exact) mass is 162 g/mol. The van der Waals surface area contributed by atoms with Crippen LogP contribution in [0.4, 0.5) is 0 Å². The van der Waals surface area contributed by atoms with Crippen molar-refractivity contribution < 1.29 is 9.53 Å². The zero-order valence-corrected chi connectivity index (χ0v) is 6.73. The van der Waals surface area contributed by atoms with Crippen molar-refractivity contribution in [2.75, 3.05) is 12.5 Å². The molecule has 0 saturated heterocycles. The molecule has 1 unspecified atom stereocenters. The van der Waals surface area contributed by atoms with E-state index in [4.69, 9.17) is 16.3 Å². The minimum atomic E-state index is -0.269. The fourth-order valence-electron chi connectivity index (χ4n) is 0.346. The third-order valence-corrected chi connectivity index (χ3v) is 1.44. The van der Waals surface area contributed by atoms with Crippen molar-refractivity contribution >= 4 is 17.6 Å². The molecule has 0 fully saturated rings. The number of halogens is 1. The second kappa shape index (κ2) is 5.30. The van der Waals surface area contributed by atoms with E-state index >= 15 is 0 Å². The van der Waals surface area contributed by atoms with Gasteiger partial charge in [0, 0.05) is 5.88 Å². The van der Waals surface area contributed by atoms with Gasteiger partial charge in [0.15, 0.2) is 0 Å². The van der Waals surface area contributed by atoms with E-state index in [9.17, 15) is 4.79 Å². The fourth-order valence-corrected chi connectivity index (χ4v) is 0.472. The molecule has 2 nitrogen and oxygen atoms in total. The Hall–Kier alpha value is -0.500. The molecule has 1 atom stereocenters. The Labute approximate surface area is 65.8 Å². The predicted octanol–water partition coefficient (Wildman–Crippen LogP) is 1.59. The first-order valence-electron chi connectivity index (χ1n) is 3.05. The summed E-state index contributed by atoms with van der Waals surface area (Å²) < 4.78 is 4.70. The van der Waals surface area contributed by atoms with Gasteiger partial charge in [-0.2, -0.15) is 0 Å². The Bertz CT molecular complexity index is 123. The lowest BCUT2D eigenvalue weighted by Crippen LogP contribution is -2.15. The van der Waals surface area contributed by atoms with Crippen molar-refractivity contribution in [1.82, 2.24) is 0 Å². The van der Waals surface area contributed by atoms with Crippen molar-refractivity contribution in [2.24, 2.45) is 5.92 Å². The van der Waals surface area contributed by atoms with Crippen LogP contribution in [0.25, 0.3) is 0 Å². The number of alkyl halides is 1. The number of esters is 1. The van der Waals surface area contributed by atoms with E-state index in [1.54, 1.807) is 6.92 Å². The van der Waals surface area contributed by atoms with Crippen LogP contribution in [0.1, 0.15) is 6.92 Å². The first-order chi connectivity index (χ1) is 4.72. The molecular weight excluding hydrogens is 152 g/mol. The van der Waals surface area contributed by atoms with Gasteiger partial charge in [-0.3, -0.25) is 4.79 Å². The Morgan fingerprint density at radius 1 is 1.90 bits per heavy atom. The molecule has 0 aliphatic carbocycles. The van der Waals surface area contributed by atoms with E-state index < -0.39 is 0 Å². The van der Waals surface area contributed by atoms with Crippen molar-refractivity contribution in [3.63, 3.8) is 0 Å². The summed E-state index contributed by atoms with van der Waals surface area (Å²) in [7, 11) is 0. The van der Waals surface area contributed by atoms with Gasteiger partial charge in [-0.25, -0.2) is 0 Å². The number of carbonyl (C=O) groups excluding carboxylic acids is 1. The largest absolute Gasteiger partial charge is 0.461 e. The normalized spacial score (nSPS) is 12.2. The summed E-state index contributed by atoms with van der Waals surface area (Å²) in [6.07, 6.45) is 1.53. The van der Waals surface area contributed by atoms with Gasteiger partial charge in [0.25, 0.3) is 0 Å². The van der Waals surface area contributed by atoms with Crippen LogP contribution in [0, 0.1) is 5.92 Å². The van der Waals surface area contributed by atoms with Crippen LogP contribution in [-0.2, 0) is 9.53 Å². The molecule has 0 rings (SSSR count). The molecule has 10 heavy (non-hydrogen) atoms. The third kappa shape index (κ3) is 3.51. The van der Waals surface area contributed by atoms with Crippen molar-refractivity contribution in [3.05, 3.63) is 12.7 Å². The number of hydrogen-bond donors (Lipinski definition) is 0. The van der Waals surface area contributed by atoms with Gasteiger partial charge in [-0.1, -0.05) is 19.6 Å². The molecule has 3 heteroatoms. The third-order valence-electron chi connectivity index (χ3n) is 0.977. The van der Waals surface area contributed by atoms with E-state index in [-0.39, 0.29) is 18.5 Å². The average Bonchev–Trinajstić information content (AvgIpc) is 1.98. The highest BCUT2D eigenvalue weighted by Gasteiger charge is 2.11. The van der Waals surface area contributed by atoms with Crippen LogP contribution in [-0.4, -0.2) is 18.5 Å². The minimum absolute atomic E-state index is 0.221. The molecular formula is C7H11ClO2. The molecule has 58 valence electrons. The molecule has 0 aromatic carbocycles. The van der Waals surface area contributed by atoms with Gasteiger partial charge < -0.3 is 4.74 Å². The summed E-state index contributed by atoms with van der Waals surface area (Å²) in [5.74, 6) is -0.188. The Balaban J connectivity index is 3.51. The lowest BCUT2D eigenvalue weighted by molar-refractivity contribution is -0.145. The second-order valence-electron chi connectivity index (χ2n) is 1.97. The maximum Gasteiger partial charge on any atom is 0.310 e. The summed E-state index contributed by atoms with van der Waals surface area (Å²) >= 11 is 5.40. The average molecular weight is 163 g/mol. The zero-order chi connectivity index (χ0) is 7.98.